The van der Waals surface area contributed by atoms with Crippen LogP contribution in [-0.2, 0) is 10.0 Å². The molecule has 0 spiro atoms. The highest BCUT2D eigenvalue weighted by molar-refractivity contribution is 7.94. The summed E-state index contributed by atoms with van der Waals surface area (Å²) >= 11 is 1.11. The van der Waals surface area contributed by atoms with Crippen LogP contribution in [0.5, 0.6) is 0 Å². The zero-order valence-corrected chi connectivity index (χ0v) is 15.2. The third-order valence-electron chi connectivity index (χ3n) is 3.51. The van der Waals surface area contributed by atoms with Crippen molar-refractivity contribution in [2.24, 2.45) is 0 Å². The van der Waals surface area contributed by atoms with E-state index in [9.17, 15) is 18.3 Å². The fourth-order valence-electron chi connectivity index (χ4n) is 2.21. The lowest BCUT2D eigenvalue weighted by molar-refractivity contribution is 0.0697. The van der Waals surface area contributed by atoms with Gasteiger partial charge in [0.25, 0.3) is 10.0 Å². The van der Waals surface area contributed by atoms with Gasteiger partial charge in [-0.05, 0) is 36.1 Å². The summed E-state index contributed by atoms with van der Waals surface area (Å²) in [6.07, 6.45) is 1.96. The number of unbranched alkanes of at least 4 members (excludes halogenated alkanes) is 1. The molecule has 0 aliphatic carbocycles. The molecule has 0 radical (unpaired) electrons. The third-order valence-corrected chi connectivity index (χ3v) is 6.27. The Morgan fingerprint density at radius 2 is 2.08 bits per heavy atom. The van der Waals surface area contributed by atoms with E-state index >= 15 is 0 Å². The molecule has 0 saturated carbocycles. The van der Waals surface area contributed by atoms with E-state index in [2.05, 4.69) is 11.6 Å². The lowest BCUT2D eigenvalue weighted by atomic mass is 10.1. The second-order valence-electron chi connectivity index (χ2n) is 5.35. The molecule has 0 aliphatic heterocycles. The van der Waals surface area contributed by atoms with Crippen molar-refractivity contribution in [1.29, 1.82) is 0 Å². The van der Waals surface area contributed by atoms with Crippen LogP contribution in [0.4, 0.5) is 11.4 Å². The summed E-state index contributed by atoms with van der Waals surface area (Å²) in [5, 5.41) is 10.9. The Morgan fingerprint density at radius 1 is 1.33 bits per heavy atom. The highest BCUT2D eigenvalue weighted by Crippen LogP contribution is 2.30. The molecule has 0 fully saturated rings. The van der Waals surface area contributed by atoms with Crippen molar-refractivity contribution in [3.05, 3.63) is 41.3 Å². The number of carbonyl (C=O) groups is 1. The van der Waals surface area contributed by atoms with Gasteiger partial charge in [0.2, 0.25) is 0 Å². The van der Waals surface area contributed by atoms with Crippen molar-refractivity contribution in [3.63, 3.8) is 0 Å². The van der Waals surface area contributed by atoms with E-state index in [0.717, 1.165) is 30.7 Å². The van der Waals surface area contributed by atoms with E-state index in [-0.39, 0.29) is 15.5 Å². The van der Waals surface area contributed by atoms with Crippen LogP contribution in [0.15, 0.2) is 39.9 Å². The molecule has 8 heteroatoms. The number of thiophene rings is 1. The first-order valence-electron chi connectivity index (χ1n) is 7.50. The highest BCUT2D eigenvalue weighted by atomic mass is 32.2. The molecule has 0 atom stereocenters. The number of carboxylic acid groups (broad SMARTS) is 1. The Balaban J connectivity index is 2.41. The van der Waals surface area contributed by atoms with Crippen molar-refractivity contribution < 1.29 is 18.3 Å². The number of anilines is 2. The van der Waals surface area contributed by atoms with Gasteiger partial charge in [-0.1, -0.05) is 19.4 Å². The Kier molecular flexibility index (Phi) is 5.84. The average Bonchev–Trinajstić information content (AvgIpc) is 3.07. The first kappa shape index (κ1) is 18.3. The van der Waals surface area contributed by atoms with Gasteiger partial charge >= 0.3 is 5.97 Å². The predicted octanol–water partition coefficient (Wildman–Crippen LogP) is 3.48. The molecule has 2 N–H and O–H groups in total. The molecule has 0 amide bonds. The Hall–Kier alpha value is -2.06. The van der Waals surface area contributed by atoms with Gasteiger partial charge in [-0.2, -0.15) is 0 Å². The van der Waals surface area contributed by atoms with Crippen molar-refractivity contribution in [2.45, 2.75) is 24.0 Å². The molecule has 2 aromatic rings. The van der Waals surface area contributed by atoms with Crippen LogP contribution >= 0.6 is 11.3 Å². The summed E-state index contributed by atoms with van der Waals surface area (Å²) in [7, 11) is -1.88. The standard InChI is InChI=1S/C16H20N2O4S2/c1-3-4-9-18(2)14-8-7-12(16(19)20)11-13(14)17-24(21,22)15-6-5-10-23-15/h5-8,10-11,17H,3-4,9H2,1-2H3,(H,19,20). The van der Waals surface area contributed by atoms with Gasteiger partial charge < -0.3 is 10.0 Å². The first-order chi connectivity index (χ1) is 11.3. The maximum absolute atomic E-state index is 12.5. The van der Waals surface area contributed by atoms with Gasteiger partial charge in [-0.3, -0.25) is 4.72 Å². The molecule has 1 heterocycles. The van der Waals surface area contributed by atoms with Crippen LogP contribution in [0.1, 0.15) is 30.1 Å². The monoisotopic (exact) mass is 368 g/mol. The minimum absolute atomic E-state index is 0.0338. The van der Waals surface area contributed by atoms with Gasteiger partial charge in [0.15, 0.2) is 0 Å². The summed E-state index contributed by atoms with van der Waals surface area (Å²) in [5.74, 6) is -1.10. The number of rotatable bonds is 8. The van der Waals surface area contributed by atoms with Crippen molar-refractivity contribution in [1.82, 2.24) is 0 Å². The molecular weight excluding hydrogens is 348 g/mol. The molecule has 1 aromatic carbocycles. The number of nitrogens with zero attached hydrogens (tertiary/aromatic N) is 1. The smallest absolute Gasteiger partial charge is 0.335 e. The van der Waals surface area contributed by atoms with E-state index in [1.165, 1.54) is 18.2 Å². The Labute approximate surface area is 145 Å². The lowest BCUT2D eigenvalue weighted by Gasteiger charge is -2.23. The fourth-order valence-corrected chi connectivity index (χ4v) is 4.27. The zero-order valence-electron chi connectivity index (χ0n) is 13.5. The summed E-state index contributed by atoms with van der Waals surface area (Å²) in [6.45, 7) is 2.82. The van der Waals surface area contributed by atoms with E-state index in [1.807, 2.05) is 11.9 Å². The van der Waals surface area contributed by atoms with Crippen molar-refractivity contribution in [2.75, 3.05) is 23.2 Å². The SMILES string of the molecule is CCCCN(C)c1ccc(C(=O)O)cc1NS(=O)(=O)c1cccs1. The van der Waals surface area contributed by atoms with Crippen LogP contribution < -0.4 is 9.62 Å². The zero-order chi connectivity index (χ0) is 17.7. The largest absolute Gasteiger partial charge is 0.478 e. The molecule has 0 unspecified atom stereocenters. The average molecular weight is 368 g/mol. The second-order valence-corrected chi connectivity index (χ2v) is 8.21. The molecule has 1 aromatic heterocycles. The van der Waals surface area contributed by atoms with Gasteiger partial charge in [-0.15, -0.1) is 11.3 Å². The van der Waals surface area contributed by atoms with Crippen molar-refractivity contribution >= 4 is 38.7 Å². The van der Waals surface area contributed by atoms with Crippen molar-refractivity contribution in [3.8, 4) is 0 Å². The number of benzene rings is 1. The van der Waals surface area contributed by atoms with Crippen LogP contribution in [-0.4, -0.2) is 33.1 Å². The topological polar surface area (TPSA) is 86.7 Å². The van der Waals surface area contributed by atoms with Gasteiger partial charge in [0.1, 0.15) is 4.21 Å². The number of hydrogen-bond donors (Lipinski definition) is 2. The van der Waals surface area contributed by atoms with Crippen LogP contribution in [0.2, 0.25) is 0 Å². The second kappa shape index (κ2) is 7.67. The maximum Gasteiger partial charge on any atom is 0.335 e. The number of hydrogen-bond acceptors (Lipinski definition) is 5. The molecule has 0 saturated heterocycles. The Bertz CT molecular complexity index is 801. The lowest BCUT2D eigenvalue weighted by Crippen LogP contribution is -2.21. The molecule has 6 nitrogen and oxygen atoms in total. The number of carboxylic acids is 1. The van der Waals surface area contributed by atoms with E-state index < -0.39 is 16.0 Å². The van der Waals surface area contributed by atoms with Gasteiger partial charge in [-0.25, -0.2) is 13.2 Å². The third kappa shape index (κ3) is 4.27. The molecule has 0 aliphatic rings. The number of aromatic carboxylic acids is 1. The van der Waals surface area contributed by atoms with E-state index in [1.54, 1.807) is 17.5 Å². The summed E-state index contributed by atoms with van der Waals surface area (Å²) in [4.78, 5) is 13.1. The summed E-state index contributed by atoms with van der Waals surface area (Å²) < 4.78 is 27.6. The number of nitrogens with one attached hydrogen (secondary N) is 1. The molecule has 2 rings (SSSR count). The van der Waals surface area contributed by atoms with Gasteiger partial charge in [0.05, 0.1) is 16.9 Å². The molecule has 24 heavy (non-hydrogen) atoms. The minimum Gasteiger partial charge on any atom is -0.478 e. The van der Waals surface area contributed by atoms with E-state index in [0.29, 0.717) is 5.69 Å². The summed E-state index contributed by atoms with van der Waals surface area (Å²) in [6, 6.07) is 7.62. The fraction of sp³-hybridized carbons (Fsp3) is 0.312. The summed E-state index contributed by atoms with van der Waals surface area (Å²) in [5.41, 5.74) is 0.946. The quantitative estimate of drug-likeness (QED) is 0.745. The van der Waals surface area contributed by atoms with Crippen LogP contribution in [0.3, 0.4) is 0 Å². The van der Waals surface area contributed by atoms with E-state index in [4.69, 9.17) is 0 Å². The highest BCUT2D eigenvalue weighted by Gasteiger charge is 2.19. The number of sulfonamides is 1. The normalized spacial score (nSPS) is 11.2. The van der Waals surface area contributed by atoms with Crippen LogP contribution in [0, 0.1) is 0 Å². The molecule has 130 valence electrons. The van der Waals surface area contributed by atoms with Gasteiger partial charge in [0, 0.05) is 13.6 Å². The Morgan fingerprint density at radius 3 is 2.67 bits per heavy atom. The molecule has 0 bridgehead atoms. The van der Waals surface area contributed by atoms with Crippen LogP contribution in [0.25, 0.3) is 0 Å². The molecular formula is C16H20N2O4S2. The first-order valence-corrected chi connectivity index (χ1v) is 9.86. The minimum atomic E-state index is -3.74. The maximum atomic E-state index is 12.5. The predicted molar refractivity (Wildman–Crippen MR) is 96.7 cm³/mol.